The van der Waals surface area contributed by atoms with E-state index in [4.69, 9.17) is 27.9 Å². The number of amides is 3. The van der Waals surface area contributed by atoms with Crippen LogP contribution in [0, 0.1) is 5.92 Å². The van der Waals surface area contributed by atoms with E-state index in [2.05, 4.69) is 5.32 Å². The molecule has 0 spiro atoms. The minimum atomic E-state index is -0.428. The maximum absolute atomic E-state index is 13.2. The number of ether oxygens (including phenoxy) is 1. The highest BCUT2D eigenvalue weighted by atomic mass is 35.5. The van der Waals surface area contributed by atoms with Gasteiger partial charge in [0.1, 0.15) is 6.54 Å². The zero-order valence-corrected chi connectivity index (χ0v) is 19.9. The molecule has 0 aliphatic carbocycles. The van der Waals surface area contributed by atoms with Crippen molar-refractivity contribution in [2.24, 2.45) is 13.0 Å². The fraction of sp³-hybridized carbons (Fsp3) is 0.455. The minimum Gasteiger partial charge on any atom is -0.383 e. The SMILES string of the molecule is COCCN(Cc1cccn1C)C(=O)CN(CC(C)C)C(=O)Nc1c(Cl)cccc1Cl. The fourth-order valence-corrected chi connectivity index (χ4v) is 3.57. The van der Waals surface area contributed by atoms with Crippen LogP contribution < -0.4 is 5.32 Å². The van der Waals surface area contributed by atoms with E-state index < -0.39 is 6.03 Å². The lowest BCUT2D eigenvalue weighted by atomic mass is 10.2. The average molecular weight is 469 g/mol. The fourth-order valence-electron chi connectivity index (χ4n) is 3.08. The highest BCUT2D eigenvalue weighted by molar-refractivity contribution is 6.39. The van der Waals surface area contributed by atoms with Gasteiger partial charge >= 0.3 is 6.03 Å². The summed E-state index contributed by atoms with van der Waals surface area (Å²) in [6.45, 7) is 5.57. The number of carbonyl (C=O) groups excluding carboxylic acids is 2. The van der Waals surface area contributed by atoms with Gasteiger partial charge in [0, 0.05) is 39.1 Å². The zero-order chi connectivity index (χ0) is 23.0. The molecular weight excluding hydrogens is 439 g/mol. The molecule has 1 heterocycles. The lowest BCUT2D eigenvalue weighted by Crippen LogP contribution is -2.46. The molecule has 0 unspecified atom stereocenters. The van der Waals surface area contributed by atoms with Crippen LogP contribution in [0.15, 0.2) is 36.5 Å². The summed E-state index contributed by atoms with van der Waals surface area (Å²) in [5.74, 6) is -0.000119. The van der Waals surface area contributed by atoms with Gasteiger partial charge in [0.15, 0.2) is 0 Å². The summed E-state index contributed by atoms with van der Waals surface area (Å²) in [5.41, 5.74) is 1.32. The van der Waals surface area contributed by atoms with Crippen LogP contribution in [0.5, 0.6) is 0 Å². The second-order valence-electron chi connectivity index (χ2n) is 7.72. The smallest absolute Gasteiger partial charge is 0.322 e. The van der Waals surface area contributed by atoms with Crippen LogP contribution in [0.25, 0.3) is 0 Å². The van der Waals surface area contributed by atoms with Gasteiger partial charge in [0.2, 0.25) is 5.91 Å². The molecule has 2 aromatic rings. The van der Waals surface area contributed by atoms with E-state index in [1.54, 1.807) is 30.2 Å². The standard InChI is InChI=1S/C22H30Cl2N4O3/c1-16(2)13-28(22(30)25-21-18(23)8-5-9-19(21)24)15-20(29)27(11-12-31-4)14-17-7-6-10-26(17)3/h5-10,16H,11-15H2,1-4H3,(H,25,30). The number of rotatable bonds is 10. The molecule has 1 aromatic carbocycles. The highest BCUT2D eigenvalue weighted by Gasteiger charge is 2.24. The Hall–Kier alpha value is -2.22. The Bertz CT molecular complexity index is 865. The molecule has 9 heteroatoms. The average Bonchev–Trinajstić information content (AvgIpc) is 3.11. The van der Waals surface area contributed by atoms with Crippen molar-refractivity contribution in [3.63, 3.8) is 0 Å². The van der Waals surface area contributed by atoms with Gasteiger partial charge in [-0.2, -0.15) is 0 Å². The first-order valence-electron chi connectivity index (χ1n) is 10.1. The molecule has 0 fully saturated rings. The van der Waals surface area contributed by atoms with E-state index in [1.165, 1.54) is 4.90 Å². The summed E-state index contributed by atoms with van der Waals surface area (Å²) in [4.78, 5) is 29.3. The van der Waals surface area contributed by atoms with E-state index >= 15 is 0 Å². The molecular formula is C22H30Cl2N4O3. The summed E-state index contributed by atoms with van der Waals surface area (Å²) in [6, 6.07) is 8.46. The number of nitrogens with zero attached hydrogens (tertiary/aromatic N) is 3. The van der Waals surface area contributed by atoms with Gasteiger partial charge in [-0.25, -0.2) is 4.79 Å². The Labute approximate surface area is 193 Å². The van der Waals surface area contributed by atoms with Gasteiger partial charge in [-0.15, -0.1) is 0 Å². The molecule has 0 bridgehead atoms. The first-order chi connectivity index (χ1) is 14.7. The van der Waals surface area contributed by atoms with Gasteiger partial charge in [0.25, 0.3) is 0 Å². The zero-order valence-electron chi connectivity index (χ0n) is 18.4. The van der Waals surface area contributed by atoms with Crippen molar-refractivity contribution in [1.29, 1.82) is 0 Å². The third-order valence-electron chi connectivity index (χ3n) is 4.72. The minimum absolute atomic E-state index is 0.0692. The van der Waals surface area contributed by atoms with Crippen LogP contribution in [0.3, 0.4) is 0 Å². The summed E-state index contributed by atoms with van der Waals surface area (Å²) in [7, 11) is 3.52. The van der Waals surface area contributed by atoms with Crippen molar-refractivity contribution in [2.45, 2.75) is 20.4 Å². The van der Waals surface area contributed by atoms with Gasteiger partial charge in [-0.05, 0) is 30.2 Å². The summed E-state index contributed by atoms with van der Waals surface area (Å²) < 4.78 is 7.13. The number of nitrogens with one attached hydrogen (secondary N) is 1. The van der Waals surface area contributed by atoms with E-state index in [1.807, 2.05) is 43.8 Å². The molecule has 0 aliphatic heterocycles. The molecule has 0 atom stereocenters. The lowest BCUT2D eigenvalue weighted by Gasteiger charge is -2.29. The number of aromatic nitrogens is 1. The first-order valence-corrected chi connectivity index (χ1v) is 10.8. The molecule has 0 saturated carbocycles. The lowest BCUT2D eigenvalue weighted by molar-refractivity contribution is -0.133. The Morgan fingerprint density at radius 1 is 1.13 bits per heavy atom. The molecule has 31 heavy (non-hydrogen) atoms. The monoisotopic (exact) mass is 468 g/mol. The molecule has 7 nitrogen and oxygen atoms in total. The third kappa shape index (κ3) is 7.45. The number of para-hydroxylation sites is 1. The maximum atomic E-state index is 13.2. The largest absolute Gasteiger partial charge is 0.383 e. The first kappa shape index (κ1) is 25.0. The Kier molecular flexibility index (Phi) is 9.68. The molecule has 2 rings (SSSR count). The molecule has 170 valence electrons. The van der Waals surface area contributed by atoms with Crippen molar-refractivity contribution in [3.8, 4) is 0 Å². The van der Waals surface area contributed by atoms with E-state index in [0.29, 0.717) is 42.0 Å². The number of anilines is 1. The van der Waals surface area contributed by atoms with Crippen molar-refractivity contribution in [1.82, 2.24) is 14.4 Å². The number of aryl methyl sites for hydroxylation is 1. The second kappa shape index (κ2) is 12.0. The van der Waals surface area contributed by atoms with E-state index in [-0.39, 0.29) is 18.4 Å². The van der Waals surface area contributed by atoms with Gasteiger partial charge in [0.05, 0.1) is 28.9 Å². The molecule has 1 aromatic heterocycles. The third-order valence-corrected chi connectivity index (χ3v) is 5.35. The molecule has 0 saturated heterocycles. The number of hydrogen-bond acceptors (Lipinski definition) is 3. The summed E-state index contributed by atoms with van der Waals surface area (Å²) in [5, 5.41) is 3.42. The van der Waals surface area contributed by atoms with Gasteiger partial charge < -0.3 is 24.4 Å². The van der Waals surface area contributed by atoms with E-state index in [9.17, 15) is 9.59 Å². The van der Waals surface area contributed by atoms with Crippen molar-refractivity contribution >= 4 is 40.8 Å². The molecule has 0 aliphatic rings. The van der Waals surface area contributed by atoms with Crippen LogP contribution in [-0.4, -0.2) is 59.7 Å². The second-order valence-corrected chi connectivity index (χ2v) is 8.53. The number of benzene rings is 1. The van der Waals surface area contributed by atoms with Crippen molar-refractivity contribution in [2.75, 3.05) is 38.7 Å². The highest BCUT2D eigenvalue weighted by Crippen LogP contribution is 2.30. The predicted octanol–water partition coefficient (Wildman–Crippen LogP) is 4.50. The van der Waals surface area contributed by atoms with Crippen LogP contribution in [0.2, 0.25) is 10.0 Å². The number of carbonyl (C=O) groups is 2. The van der Waals surface area contributed by atoms with Gasteiger partial charge in [-0.1, -0.05) is 43.1 Å². The van der Waals surface area contributed by atoms with Crippen LogP contribution in [0.4, 0.5) is 10.5 Å². The number of hydrogen-bond donors (Lipinski definition) is 1. The van der Waals surface area contributed by atoms with Crippen LogP contribution in [-0.2, 0) is 23.1 Å². The quantitative estimate of drug-likeness (QED) is 0.558. The van der Waals surface area contributed by atoms with Crippen molar-refractivity contribution < 1.29 is 14.3 Å². The number of halogens is 2. The normalized spacial score (nSPS) is 10.9. The Morgan fingerprint density at radius 2 is 1.81 bits per heavy atom. The predicted molar refractivity (Wildman–Crippen MR) is 125 cm³/mol. The van der Waals surface area contributed by atoms with E-state index in [0.717, 1.165) is 5.69 Å². The molecule has 1 N–H and O–H groups in total. The Balaban J connectivity index is 2.16. The summed E-state index contributed by atoms with van der Waals surface area (Å²) >= 11 is 12.4. The summed E-state index contributed by atoms with van der Waals surface area (Å²) in [6.07, 6.45) is 1.93. The van der Waals surface area contributed by atoms with Crippen LogP contribution in [0.1, 0.15) is 19.5 Å². The topological polar surface area (TPSA) is 66.8 Å². The van der Waals surface area contributed by atoms with Gasteiger partial charge in [-0.3, -0.25) is 4.79 Å². The number of urea groups is 1. The molecule has 0 radical (unpaired) electrons. The number of methoxy groups -OCH3 is 1. The Morgan fingerprint density at radius 3 is 2.35 bits per heavy atom. The van der Waals surface area contributed by atoms with Crippen LogP contribution >= 0.6 is 23.2 Å². The molecule has 3 amide bonds. The van der Waals surface area contributed by atoms with Crippen molar-refractivity contribution in [3.05, 3.63) is 52.3 Å². The maximum Gasteiger partial charge on any atom is 0.322 e.